The number of aryl methyl sites for hydroxylation is 1. The Balaban J connectivity index is 1.71. The number of non-ortho nitro benzene ring substituents is 1. The van der Waals surface area contributed by atoms with Crippen molar-refractivity contribution in [2.24, 2.45) is 5.92 Å². The van der Waals surface area contributed by atoms with Crippen molar-refractivity contribution in [3.8, 4) is 0 Å². The number of nitro groups is 1. The first-order chi connectivity index (χ1) is 19.8. The lowest BCUT2D eigenvalue weighted by molar-refractivity contribution is -0.384. The lowest BCUT2D eigenvalue weighted by Gasteiger charge is -2.36. The van der Waals surface area contributed by atoms with Crippen LogP contribution in [0, 0.1) is 23.0 Å². The number of ketones is 1. The van der Waals surface area contributed by atoms with E-state index in [1.807, 2.05) is 48.7 Å². The summed E-state index contributed by atoms with van der Waals surface area (Å²) in [6.07, 6.45) is 0. The Morgan fingerprint density at radius 1 is 1.05 bits per heavy atom. The van der Waals surface area contributed by atoms with Crippen LogP contribution in [-0.2, 0) is 14.3 Å². The molecule has 214 valence electrons. The van der Waals surface area contributed by atoms with Gasteiger partial charge < -0.3 is 19.9 Å². The molecule has 3 heterocycles. The quantitative estimate of drug-likeness (QED) is 0.247. The van der Waals surface area contributed by atoms with Crippen molar-refractivity contribution in [1.82, 2.24) is 15.1 Å². The van der Waals surface area contributed by atoms with Crippen molar-refractivity contribution in [3.63, 3.8) is 0 Å². The van der Waals surface area contributed by atoms with E-state index in [4.69, 9.17) is 4.74 Å². The molecule has 2 aliphatic rings. The van der Waals surface area contributed by atoms with Crippen LogP contribution in [0.2, 0.25) is 0 Å². The molecule has 0 radical (unpaired) electrons. The molecule has 11 heteroatoms. The highest BCUT2D eigenvalue weighted by Crippen LogP contribution is 2.52. The van der Waals surface area contributed by atoms with Gasteiger partial charge in [0.05, 0.1) is 16.9 Å². The smallest absolute Gasteiger partial charge is 0.269 e. The molecule has 41 heavy (non-hydrogen) atoms. The summed E-state index contributed by atoms with van der Waals surface area (Å²) in [5.74, 6) is -2.32. The maximum Gasteiger partial charge on any atom is 0.269 e. The maximum atomic E-state index is 14.5. The summed E-state index contributed by atoms with van der Waals surface area (Å²) >= 11 is 1.44. The topological polar surface area (TPSA) is 122 Å². The van der Waals surface area contributed by atoms with Gasteiger partial charge in [-0.15, -0.1) is 11.3 Å². The van der Waals surface area contributed by atoms with E-state index in [9.17, 15) is 24.5 Å². The molecule has 1 N–H and O–H groups in total. The summed E-state index contributed by atoms with van der Waals surface area (Å²) in [5.41, 5.74) is 1.91. The average molecular weight is 577 g/mol. The second-order valence-electron chi connectivity index (χ2n) is 10.3. The zero-order chi connectivity index (χ0) is 29.1. The van der Waals surface area contributed by atoms with Crippen LogP contribution in [0.3, 0.4) is 0 Å². The van der Waals surface area contributed by atoms with E-state index >= 15 is 0 Å². The van der Waals surface area contributed by atoms with Gasteiger partial charge in [-0.1, -0.05) is 35.9 Å². The molecule has 0 spiro atoms. The van der Waals surface area contributed by atoms with Gasteiger partial charge in [0, 0.05) is 61.8 Å². The number of nitrogens with one attached hydrogen (secondary N) is 1. The van der Waals surface area contributed by atoms with Gasteiger partial charge >= 0.3 is 0 Å². The monoisotopic (exact) mass is 576 g/mol. The largest absolute Gasteiger partial charge is 0.375 e. The third kappa shape index (κ3) is 5.65. The zero-order valence-electron chi connectivity index (χ0n) is 22.9. The number of amides is 2. The number of piperazine rings is 1. The highest BCUT2D eigenvalue weighted by atomic mass is 32.1. The van der Waals surface area contributed by atoms with E-state index in [0.717, 1.165) is 16.0 Å². The molecule has 2 fully saturated rings. The fourth-order valence-electron chi connectivity index (χ4n) is 5.96. The predicted octanol–water partition coefficient (Wildman–Crippen LogP) is 3.58. The average Bonchev–Trinajstić information content (AvgIpc) is 3.64. The predicted molar refractivity (Wildman–Crippen MR) is 154 cm³/mol. The van der Waals surface area contributed by atoms with Crippen LogP contribution in [0.5, 0.6) is 0 Å². The van der Waals surface area contributed by atoms with Gasteiger partial charge in [-0.05, 0) is 36.1 Å². The third-order valence-electron chi connectivity index (χ3n) is 7.86. The van der Waals surface area contributed by atoms with Crippen LogP contribution < -0.4 is 5.32 Å². The number of thiophene rings is 1. The van der Waals surface area contributed by atoms with Crippen molar-refractivity contribution in [3.05, 3.63) is 97.7 Å². The molecule has 2 amide bonds. The number of hydrogen-bond acceptors (Lipinski definition) is 8. The number of carbonyl (C=O) groups excluding carboxylic acids is 3. The normalized spacial score (nSPS) is 22.5. The molecule has 0 aliphatic carbocycles. The van der Waals surface area contributed by atoms with Crippen LogP contribution in [0.15, 0.2) is 66.0 Å². The highest BCUT2D eigenvalue weighted by molar-refractivity contribution is 7.10. The first kappa shape index (κ1) is 28.6. The Morgan fingerprint density at radius 2 is 1.73 bits per heavy atom. The molecule has 10 nitrogen and oxygen atoms in total. The zero-order valence-corrected chi connectivity index (χ0v) is 23.7. The number of Topliss-reactive ketones (excluding diaryl/α,β-unsaturated/α-hetero) is 1. The molecular formula is C30H32N4O6S. The number of methoxy groups -OCH3 is 1. The van der Waals surface area contributed by atoms with E-state index in [-0.39, 0.29) is 35.5 Å². The minimum absolute atomic E-state index is 0.124. The van der Waals surface area contributed by atoms with Crippen molar-refractivity contribution in [1.29, 1.82) is 0 Å². The molecular weight excluding hydrogens is 544 g/mol. The van der Waals surface area contributed by atoms with E-state index < -0.39 is 28.8 Å². The van der Waals surface area contributed by atoms with Gasteiger partial charge in [0.25, 0.3) is 5.69 Å². The number of benzene rings is 2. The minimum atomic E-state index is -0.937. The van der Waals surface area contributed by atoms with Crippen LogP contribution in [-0.4, -0.2) is 78.3 Å². The summed E-state index contributed by atoms with van der Waals surface area (Å²) in [5, 5.41) is 16.4. The van der Waals surface area contributed by atoms with Crippen molar-refractivity contribution in [2.45, 2.75) is 24.9 Å². The number of nitro benzene ring substituents is 1. The standard InChI is InChI=1S/C30H32N4O6S/c1-19-5-7-20(8-6-19)27-26(29(36)21-9-11-22(12-10-21)34(38)39)25(23-4-3-17-41-23)28(33(27)24(35)18-40-2)30(37)32-15-13-31-14-16-32/h3-12,17,25-28,31H,13-16,18H2,1-2H3. The van der Waals surface area contributed by atoms with Gasteiger partial charge in [-0.3, -0.25) is 24.5 Å². The summed E-state index contributed by atoms with van der Waals surface area (Å²) in [6.45, 7) is 3.98. The summed E-state index contributed by atoms with van der Waals surface area (Å²) in [7, 11) is 1.43. The van der Waals surface area contributed by atoms with Crippen LogP contribution in [0.25, 0.3) is 0 Å². The molecule has 5 rings (SSSR count). The molecule has 3 aromatic rings. The lowest BCUT2D eigenvalue weighted by Crippen LogP contribution is -2.55. The number of hydrogen-bond donors (Lipinski definition) is 1. The Labute approximate surface area is 242 Å². The molecule has 0 saturated carbocycles. The number of ether oxygens (including phenoxy) is 1. The molecule has 1 aromatic heterocycles. The van der Waals surface area contributed by atoms with Gasteiger partial charge in [-0.2, -0.15) is 0 Å². The van der Waals surface area contributed by atoms with Gasteiger partial charge in [0.15, 0.2) is 5.78 Å². The molecule has 2 aliphatic heterocycles. The Hall–Kier alpha value is -3.93. The number of carbonyl (C=O) groups is 3. The molecule has 4 atom stereocenters. The van der Waals surface area contributed by atoms with Crippen LogP contribution in [0.4, 0.5) is 5.69 Å². The third-order valence-corrected chi connectivity index (χ3v) is 8.83. The second-order valence-corrected chi connectivity index (χ2v) is 11.3. The Kier molecular flexibility index (Phi) is 8.57. The minimum Gasteiger partial charge on any atom is -0.375 e. The lowest BCUT2D eigenvalue weighted by atomic mass is 9.78. The fraction of sp³-hybridized carbons (Fsp3) is 0.367. The van der Waals surface area contributed by atoms with E-state index in [1.54, 1.807) is 9.80 Å². The van der Waals surface area contributed by atoms with Crippen molar-refractivity contribution in [2.75, 3.05) is 39.9 Å². The molecule has 0 bridgehead atoms. The van der Waals surface area contributed by atoms with E-state index in [2.05, 4.69) is 5.32 Å². The maximum absolute atomic E-state index is 14.5. The van der Waals surface area contributed by atoms with E-state index in [1.165, 1.54) is 42.7 Å². The van der Waals surface area contributed by atoms with Crippen molar-refractivity contribution >= 4 is 34.6 Å². The Morgan fingerprint density at radius 3 is 2.32 bits per heavy atom. The van der Waals surface area contributed by atoms with Gasteiger partial charge in [0.2, 0.25) is 11.8 Å². The van der Waals surface area contributed by atoms with E-state index in [0.29, 0.717) is 26.2 Å². The summed E-state index contributed by atoms with van der Waals surface area (Å²) < 4.78 is 5.26. The van der Waals surface area contributed by atoms with Crippen LogP contribution >= 0.6 is 11.3 Å². The van der Waals surface area contributed by atoms with Crippen molar-refractivity contribution < 1.29 is 24.0 Å². The summed E-state index contributed by atoms with van der Waals surface area (Å²) in [6, 6.07) is 15.2. The molecule has 2 saturated heterocycles. The molecule has 2 aromatic carbocycles. The Bertz CT molecular complexity index is 1400. The summed E-state index contributed by atoms with van der Waals surface area (Å²) in [4.78, 5) is 57.6. The second kappa shape index (κ2) is 12.3. The number of likely N-dealkylation sites (tertiary alicyclic amines) is 1. The highest BCUT2D eigenvalue weighted by Gasteiger charge is 2.58. The first-order valence-corrected chi connectivity index (χ1v) is 14.4. The SMILES string of the molecule is COCC(=O)N1C(C(=O)N2CCNCC2)C(c2cccs2)C(C(=O)c2ccc([N+](=O)[O-])cc2)C1c1ccc(C)cc1. The molecule has 4 unspecified atom stereocenters. The first-order valence-electron chi connectivity index (χ1n) is 13.5. The number of rotatable bonds is 8. The van der Waals surface area contributed by atoms with Gasteiger partial charge in [-0.25, -0.2) is 0 Å². The number of nitrogens with zero attached hydrogens (tertiary/aromatic N) is 3. The van der Waals surface area contributed by atoms with Gasteiger partial charge in [0.1, 0.15) is 12.6 Å². The fourth-order valence-corrected chi connectivity index (χ4v) is 6.86. The van der Waals surface area contributed by atoms with Crippen LogP contribution in [0.1, 0.15) is 38.3 Å².